The van der Waals surface area contributed by atoms with Gasteiger partial charge in [0.25, 0.3) is 0 Å². The highest BCUT2D eigenvalue weighted by atomic mass is 127. The lowest BCUT2D eigenvalue weighted by Crippen LogP contribution is -2.41. The van der Waals surface area contributed by atoms with E-state index in [0.717, 1.165) is 5.56 Å². The fourth-order valence-corrected chi connectivity index (χ4v) is 1.80. The second kappa shape index (κ2) is 9.16. The van der Waals surface area contributed by atoms with Crippen molar-refractivity contribution in [3.05, 3.63) is 35.9 Å². The highest BCUT2D eigenvalue weighted by molar-refractivity contribution is 14.1. The number of nitrogens with one attached hydrogen (secondary N) is 1. The molecule has 0 aliphatic heterocycles. The summed E-state index contributed by atoms with van der Waals surface area (Å²) in [5.41, 5.74) is 5.83. The van der Waals surface area contributed by atoms with Gasteiger partial charge in [-0.25, -0.2) is 9.59 Å². The molecule has 0 aliphatic carbocycles. The van der Waals surface area contributed by atoms with Crippen LogP contribution in [0.1, 0.15) is 18.4 Å². The molecule has 0 radical (unpaired) electrons. The smallest absolute Gasteiger partial charge is 0.408 e. The van der Waals surface area contributed by atoms with Gasteiger partial charge in [-0.05, 0) is 12.0 Å². The summed E-state index contributed by atoms with van der Waals surface area (Å²) < 4.78 is 9.50. The van der Waals surface area contributed by atoms with E-state index in [1.807, 2.05) is 18.2 Å². The molecule has 3 N–H and O–H groups in total. The minimum Gasteiger partial charge on any atom is -0.445 e. The molecule has 114 valence electrons. The van der Waals surface area contributed by atoms with Gasteiger partial charge in [-0.15, -0.1) is 0 Å². The van der Waals surface area contributed by atoms with E-state index in [1.54, 1.807) is 12.1 Å². The Balaban J connectivity index is 2.47. The Hall–Kier alpha value is -1.84. The number of carbonyl (C=O) groups excluding carboxylic acids is 3. The third-order valence-electron chi connectivity index (χ3n) is 2.54. The summed E-state index contributed by atoms with van der Waals surface area (Å²) in [7, 11) is 0. The van der Waals surface area contributed by atoms with Crippen LogP contribution in [-0.2, 0) is 24.0 Å². The molecule has 0 aromatic heterocycles. The van der Waals surface area contributed by atoms with Crippen LogP contribution in [-0.4, -0.2) is 24.0 Å². The zero-order valence-electron chi connectivity index (χ0n) is 11.1. The van der Waals surface area contributed by atoms with Crippen molar-refractivity contribution in [3.63, 3.8) is 0 Å². The minimum atomic E-state index is -0.974. The van der Waals surface area contributed by atoms with Gasteiger partial charge in [0.1, 0.15) is 12.6 Å². The van der Waals surface area contributed by atoms with E-state index < -0.39 is 24.0 Å². The molecule has 21 heavy (non-hydrogen) atoms. The molecule has 0 saturated heterocycles. The number of hydrogen-bond donors (Lipinski definition) is 2. The largest absolute Gasteiger partial charge is 0.445 e. The number of primary amides is 1. The minimum absolute atomic E-state index is 0.0463. The first kappa shape index (κ1) is 17.2. The Labute approximate surface area is 135 Å². The van der Waals surface area contributed by atoms with Crippen LogP contribution in [0.15, 0.2) is 30.3 Å². The molecule has 0 fully saturated rings. The Morgan fingerprint density at radius 3 is 2.48 bits per heavy atom. The van der Waals surface area contributed by atoms with Crippen LogP contribution in [0, 0.1) is 0 Å². The first-order valence-electron chi connectivity index (χ1n) is 6.11. The number of rotatable bonds is 7. The molecule has 1 rings (SSSR count). The van der Waals surface area contributed by atoms with Crippen molar-refractivity contribution < 1.29 is 22.2 Å². The molecule has 0 aliphatic rings. The zero-order valence-corrected chi connectivity index (χ0v) is 13.2. The number of benzene rings is 1. The molecular weight excluding hydrogens is 391 g/mol. The molecule has 0 heterocycles. The maximum atomic E-state index is 11.6. The van der Waals surface area contributed by atoms with E-state index >= 15 is 0 Å². The summed E-state index contributed by atoms with van der Waals surface area (Å²) >= 11 is 1.41. The normalized spacial score (nSPS) is 11.3. The molecule has 0 unspecified atom stereocenters. The molecule has 0 spiro atoms. The van der Waals surface area contributed by atoms with Crippen molar-refractivity contribution >= 4 is 41.0 Å². The van der Waals surface area contributed by atoms with Gasteiger partial charge in [0.15, 0.2) is 23.0 Å². The maximum Gasteiger partial charge on any atom is 0.408 e. The lowest BCUT2D eigenvalue weighted by atomic mass is 10.1. The highest BCUT2D eigenvalue weighted by Gasteiger charge is 2.23. The van der Waals surface area contributed by atoms with Gasteiger partial charge in [0.2, 0.25) is 5.91 Å². The van der Waals surface area contributed by atoms with Crippen LogP contribution in [0.3, 0.4) is 0 Å². The van der Waals surface area contributed by atoms with Crippen LogP contribution in [0.25, 0.3) is 0 Å². The Bertz CT molecular complexity index is 495. The number of halogens is 1. The summed E-state index contributed by atoms with van der Waals surface area (Å²) in [6.07, 6.45) is -0.761. The van der Waals surface area contributed by atoms with Crippen molar-refractivity contribution in [2.24, 2.45) is 5.73 Å². The van der Waals surface area contributed by atoms with E-state index in [4.69, 9.17) is 10.5 Å². The summed E-state index contributed by atoms with van der Waals surface area (Å²) in [6, 6.07) is 8.12. The van der Waals surface area contributed by atoms with Crippen LogP contribution >= 0.6 is 23.0 Å². The van der Waals surface area contributed by atoms with Crippen molar-refractivity contribution in [2.45, 2.75) is 25.5 Å². The van der Waals surface area contributed by atoms with Crippen molar-refractivity contribution in [3.8, 4) is 0 Å². The molecule has 1 atom stereocenters. The molecular formula is C13H15IN2O5. The van der Waals surface area contributed by atoms with Crippen molar-refractivity contribution in [1.82, 2.24) is 5.32 Å². The van der Waals surface area contributed by atoms with Crippen LogP contribution in [0.4, 0.5) is 4.79 Å². The number of hydrogen-bond acceptors (Lipinski definition) is 5. The predicted molar refractivity (Wildman–Crippen MR) is 82.1 cm³/mol. The average Bonchev–Trinajstić information content (AvgIpc) is 2.49. The van der Waals surface area contributed by atoms with Gasteiger partial charge in [0, 0.05) is 6.42 Å². The third kappa shape index (κ3) is 6.93. The monoisotopic (exact) mass is 406 g/mol. The van der Waals surface area contributed by atoms with Gasteiger partial charge >= 0.3 is 12.1 Å². The van der Waals surface area contributed by atoms with E-state index in [2.05, 4.69) is 8.38 Å². The average molecular weight is 406 g/mol. The lowest BCUT2D eigenvalue weighted by molar-refractivity contribution is -0.133. The van der Waals surface area contributed by atoms with E-state index in [0.29, 0.717) is 0 Å². The second-order valence-electron chi connectivity index (χ2n) is 4.16. The van der Waals surface area contributed by atoms with E-state index in [9.17, 15) is 14.4 Å². The molecule has 1 aromatic carbocycles. The fraction of sp³-hybridized carbons (Fsp3) is 0.308. The Morgan fingerprint density at radius 2 is 1.90 bits per heavy atom. The number of nitrogens with two attached hydrogens (primary N) is 1. The summed E-state index contributed by atoms with van der Waals surface area (Å²) in [5.74, 6) is -1.24. The third-order valence-corrected chi connectivity index (χ3v) is 2.98. The molecule has 0 saturated carbocycles. The SMILES string of the molecule is NC(=O)CC[C@H](NC(=O)OCc1ccccc1)C(=O)OI. The Kier molecular flexibility index (Phi) is 7.51. The van der Waals surface area contributed by atoms with Crippen molar-refractivity contribution in [2.75, 3.05) is 0 Å². The predicted octanol–water partition coefficient (Wildman–Crippen LogP) is 1.44. The standard InChI is InChI=1S/C13H15IN2O5/c14-21-12(18)10(6-7-11(15)17)16-13(19)20-8-9-4-2-1-3-5-9/h1-5,10H,6-8H2,(H2,15,17)(H,16,19)/t10-/m0/s1. The first-order valence-corrected chi connectivity index (χ1v) is 6.99. The topological polar surface area (TPSA) is 108 Å². The van der Waals surface area contributed by atoms with Crippen molar-refractivity contribution in [1.29, 1.82) is 0 Å². The van der Waals surface area contributed by atoms with Gasteiger partial charge in [-0.2, -0.15) is 0 Å². The summed E-state index contributed by atoms with van der Waals surface area (Å²) in [5, 5.41) is 2.35. The number of alkyl carbamates (subject to hydrolysis) is 1. The zero-order chi connectivity index (χ0) is 15.7. The number of amides is 2. The number of carbonyl (C=O) groups is 3. The molecule has 0 bridgehead atoms. The highest BCUT2D eigenvalue weighted by Crippen LogP contribution is 2.05. The fourth-order valence-electron chi connectivity index (χ4n) is 1.50. The summed E-state index contributed by atoms with van der Waals surface area (Å²) in [6.45, 7) is 0.0779. The molecule has 8 heteroatoms. The molecule has 2 amide bonds. The summed E-state index contributed by atoms with van der Waals surface area (Å²) in [4.78, 5) is 33.8. The van der Waals surface area contributed by atoms with E-state index in [-0.39, 0.29) is 19.4 Å². The van der Waals surface area contributed by atoms with Crippen LogP contribution in [0.2, 0.25) is 0 Å². The number of ether oxygens (including phenoxy) is 1. The van der Waals surface area contributed by atoms with Gasteiger partial charge in [-0.3, -0.25) is 4.79 Å². The van der Waals surface area contributed by atoms with Gasteiger partial charge in [-0.1, -0.05) is 30.3 Å². The maximum absolute atomic E-state index is 11.6. The second-order valence-corrected chi connectivity index (χ2v) is 4.60. The Morgan fingerprint density at radius 1 is 1.24 bits per heavy atom. The first-order chi connectivity index (χ1) is 10.0. The molecule has 1 aromatic rings. The van der Waals surface area contributed by atoms with E-state index in [1.165, 1.54) is 23.0 Å². The molecule has 7 nitrogen and oxygen atoms in total. The quantitative estimate of drug-likeness (QED) is 0.667. The van der Waals surface area contributed by atoms with Crippen LogP contribution in [0.5, 0.6) is 0 Å². The van der Waals surface area contributed by atoms with Crippen LogP contribution < -0.4 is 11.1 Å². The lowest BCUT2D eigenvalue weighted by Gasteiger charge is -2.15. The van der Waals surface area contributed by atoms with Gasteiger partial charge in [0.05, 0.1) is 0 Å². The van der Waals surface area contributed by atoms with Gasteiger partial charge < -0.3 is 18.9 Å².